The molecule has 0 saturated heterocycles. The van der Waals surface area contributed by atoms with Crippen molar-refractivity contribution in [1.82, 2.24) is 4.57 Å². The van der Waals surface area contributed by atoms with Crippen LogP contribution in [0, 0.1) is 5.92 Å². The summed E-state index contributed by atoms with van der Waals surface area (Å²) in [4.78, 5) is 12.1. The van der Waals surface area contributed by atoms with Gasteiger partial charge in [0.05, 0.1) is 5.52 Å². The van der Waals surface area contributed by atoms with E-state index in [0.29, 0.717) is 5.78 Å². The number of aromatic nitrogens is 1. The molecule has 0 aliphatic heterocycles. The Bertz CT molecular complexity index is 782. The third-order valence-electron chi connectivity index (χ3n) is 3.96. The minimum Gasteiger partial charge on any atom is -0.317 e. The van der Waals surface area contributed by atoms with Crippen LogP contribution in [-0.2, 0) is 0 Å². The number of ketones is 1. The highest BCUT2D eigenvalue weighted by atomic mass is 16.1. The summed E-state index contributed by atoms with van der Waals surface area (Å²) in [5.41, 5.74) is 3.14. The number of Topliss-reactive ketones (excluding diaryl/α,β-unsaturated/α-hetero) is 1. The molecular weight excluding hydrogens is 246 g/mol. The van der Waals surface area contributed by atoms with Gasteiger partial charge in [0, 0.05) is 28.8 Å². The Balaban J connectivity index is 1.80. The second-order valence-electron chi connectivity index (χ2n) is 5.43. The number of hydrogen-bond acceptors (Lipinski definition) is 1. The van der Waals surface area contributed by atoms with Crippen molar-refractivity contribution >= 4 is 16.7 Å². The summed E-state index contributed by atoms with van der Waals surface area (Å²) in [5, 5.41) is 1.13. The van der Waals surface area contributed by atoms with Crippen molar-refractivity contribution in [2.24, 2.45) is 5.92 Å². The predicted octanol–water partition coefficient (Wildman–Crippen LogP) is 4.22. The summed E-state index contributed by atoms with van der Waals surface area (Å²) in [7, 11) is 0. The van der Waals surface area contributed by atoms with Crippen LogP contribution in [0.4, 0.5) is 0 Å². The van der Waals surface area contributed by atoms with E-state index in [-0.39, 0.29) is 5.92 Å². The second kappa shape index (κ2) is 4.34. The minimum absolute atomic E-state index is 0.281. The topological polar surface area (TPSA) is 22.0 Å². The van der Waals surface area contributed by atoms with E-state index >= 15 is 0 Å². The number of fused-ring (bicyclic) bond motifs is 1. The lowest BCUT2D eigenvalue weighted by Crippen LogP contribution is -2.00. The molecule has 0 spiro atoms. The molecule has 20 heavy (non-hydrogen) atoms. The van der Waals surface area contributed by atoms with E-state index in [1.54, 1.807) is 0 Å². The van der Waals surface area contributed by atoms with Gasteiger partial charge in [-0.05, 0) is 49.2 Å². The van der Waals surface area contributed by atoms with E-state index in [4.69, 9.17) is 0 Å². The van der Waals surface area contributed by atoms with Gasteiger partial charge in [-0.15, -0.1) is 0 Å². The summed E-state index contributed by atoms with van der Waals surface area (Å²) in [6, 6.07) is 18.4. The lowest BCUT2D eigenvalue weighted by Gasteiger charge is -2.06. The van der Waals surface area contributed by atoms with E-state index < -0.39 is 0 Å². The van der Waals surface area contributed by atoms with Gasteiger partial charge in [0.25, 0.3) is 0 Å². The maximum absolute atomic E-state index is 12.1. The predicted molar refractivity (Wildman–Crippen MR) is 80.3 cm³/mol. The molecule has 2 nitrogen and oxygen atoms in total. The number of carbonyl (C=O) groups is 1. The molecule has 1 saturated carbocycles. The largest absolute Gasteiger partial charge is 0.317 e. The average Bonchev–Trinajstić information content (AvgIpc) is 3.26. The SMILES string of the molecule is O=C(c1ccc2c(ccn2-c2ccccc2)c1)C1CC1. The standard InChI is InChI=1S/C18H15NO/c20-18(13-6-7-13)15-8-9-17-14(12-15)10-11-19(17)16-4-2-1-3-5-16/h1-5,8-13H,6-7H2. The van der Waals surface area contributed by atoms with Gasteiger partial charge in [-0.1, -0.05) is 18.2 Å². The van der Waals surface area contributed by atoms with Crippen LogP contribution >= 0.6 is 0 Å². The molecule has 0 amide bonds. The fourth-order valence-corrected chi connectivity index (χ4v) is 2.69. The zero-order valence-corrected chi connectivity index (χ0v) is 11.1. The molecule has 2 heteroatoms. The highest BCUT2D eigenvalue weighted by molar-refractivity contribution is 6.02. The van der Waals surface area contributed by atoms with Crippen molar-refractivity contribution in [3.8, 4) is 5.69 Å². The molecule has 0 atom stereocenters. The van der Waals surface area contributed by atoms with Gasteiger partial charge >= 0.3 is 0 Å². The van der Waals surface area contributed by atoms with Gasteiger partial charge in [0.15, 0.2) is 5.78 Å². The van der Waals surface area contributed by atoms with Crippen LogP contribution in [0.2, 0.25) is 0 Å². The van der Waals surface area contributed by atoms with Gasteiger partial charge in [-0.25, -0.2) is 0 Å². The van der Waals surface area contributed by atoms with Crippen molar-refractivity contribution in [3.05, 3.63) is 66.4 Å². The van der Waals surface area contributed by atoms with Crippen LogP contribution < -0.4 is 0 Å². The Labute approximate surface area is 117 Å². The van der Waals surface area contributed by atoms with E-state index in [0.717, 1.165) is 35.0 Å². The van der Waals surface area contributed by atoms with Gasteiger partial charge in [0.2, 0.25) is 0 Å². The van der Waals surface area contributed by atoms with Crippen molar-refractivity contribution in [2.45, 2.75) is 12.8 Å². The number of benzene rings is 2. The molecule has 4 rings (SSSR count). The zero-order chi connectivity index (χ0) is 13.5. The molecule has 0 N–H and O–H groups in total. The first-order valence-corrected chi connectivity index (χ1v) is 7.04. The summed E-state index contributed by atoms with van der Waals surface area (Å²) in [5.74, 6) is 0.586. The van der Waals surface area contributed by atoms with E-state index in [1.165, 1.54) is 0 Å². The Hall–Kier alpha value is -2.35. The number of carbonyl (C=O) groups excluding carboxylic acids is 1. The van der Waals surface area contributed by atoms with Crippen LogP contribution in [0.15, 0.2) is 60.8 Å². The first kappa shape index (κ1) is 11.5. The summed E-state index contributed by atoms with van der Waals surface area (Å²) < 4.78 is 2.15. The molecule has 1 aliphatic carbocycles. The van der Waals surface area contributed by atoms with Gasteiger partial charge < -0.3 is 4.57 Å². The molecule has 0 radical (unpaired) electrons. The molecule has 1 aliphatic rings. The molecule has 0 unspecified atom stereocenters. The third-order valence-corrected chi connectivity index (χ3v) is 3.96. The van der Waals surface area contributed by atoms with Crippen molar-refractivity contribution in [2.75, 3.05) is 0 Å². The monoisotopic (exact) mass is 261 g/mol. The Morgan fingerprint density at radius 2 is 1.80 bits per heavy atom. The van der Waals surface area contributed by atoms with E-state index in [1.807, 2.05) is 30.3 Å². The Kier molecular flexibility index (Phi) is 2.49. The fourth-order valence-electron chi connectivity index (χ4n) is 2.69. The maximum atomic E-state index is 12.1. The molecule has 1 aromatic heterocycles. The number of nitrogens with zero attached hydrogens (tertiary/aromatic N) is 1. The highest BCUT2D eigenvalue weighted by Crippen LogP contribution is 2.33. The van der Waals surface area contributed by atoms with Crippen LogP contribution in [0.5, 0.6) is 0 Å². The smallest absolute Gasteiger partial charge is 0.165 e. The highest BCUT2D eigenvalue weighted by Gasteiger charge is 2.30. The first-order valence-electron chi connectivity index (χ1n) is 7.04. The number of hydrogen-bond donors (Lipinski definition) is 0. The lowest BCUT2D eigenvalue weighted by molar-refractivity contribution is 0.0968. The normalized spacial score (nSPS) is 14.6. The molecule has 2 aromatic carbocycles. The van der Waals surface area contributed by atoms with Gasteiger partial charge in [0.1, 0.15) is 0 Å². The average molecular weight is 261 g/mol. The summed E-state index contributed by atoms with van der Waals surface area (Å²) >= 11 is 0. The van der Waals surface area contributed by atoms with Crippen molar-refractivity contribution in [3.63, 3.8) is 0 Å². The maximum Gasteiger partial charge on any atom is 0.165 e. The molecular formula is C18H15NO. The third kappa shape index (κ3) is 1.85. The van der Waals surface area contributed by atoms with E-state index in [9.17, 15) is 4.79 Å². The first-order chi connectivity index (χ1) is 9.83. The van der Waals surface area contributed by atoms with Crippen LogP contribution in [0.25, 0.3) is 16.6 Å². The fraction of sp³-hybridized carbons (Fsp3) is 0.167. The van der Waals surface area contributed by atoms with Crippen molar-refractivity contribution in [1.29, 1.82) is 0 Å². The zero-order valence-electron chi connectivity index (χ0n) is 11.1. The molecule has 0 bridgehead atoms. The molecule has 98 valence electrons. The molecule has 1 heterocycles. The second-order valence-corrected chi connectivity index (χ2v) is 5.43. The number of para-hydroxylation sites is 1. The summed E-state index contributed by atoms with van der Waals surface area (Å²) in [6.07, 6.45) is 4.18. The Morgan fingerprint density at radius 3 is 2.55 bits per heavy atom. The van der Waals surface area contributed by atoms with Crippen molar-refractivity contribution < 1.29 is 4.79 Å². The molecule has 1 fully saturated rings. The number of rotatable bonds is 3. The Morgan fingerprint density at radius 1 is 1.00 bits per heavy atom. The minimum atomic E-state index is 0.281. The van der Waals surface area contributed by atoms with Crippen LogP contribution in [0.1, 0.15) is 23.2 Å². The quantitative estimate of drug-likeness (QED) is 0.647. The van der Waals surface area contributed by atoms with Gasteiger partial charge in [-0.3, -0.25) is 4.79 Å². The van der Waals surface area contributed by atoms with Crippen LogP contribution in [0.3, 0.4) is 0 Å². The lowest BCUT2D eigenvalue weighted by atomic mass is 10.1. The molecule has 3 aromatic rings. The van der Waals surface area contributed by atoms with Gasteiger partial charge in [-0.2, -0.15) is 0 Å². The van der Waals surface area contributed by atoms with Crippen LogP contribution in [-0.4, -0.2) is 10.4 Å². The van der Waals surface area contributed by atoms with E-state index in [2.05, 4.69) is 35.0 Å². The summed E-state index contributed by atoms with van der Waals surface area (Å²) in [6.45, 7) is 0.